The van der Waals surface area contributed by atoms with E-state index in [1.807, 2.05) is 25.1 Å². The van der Waals surface area contributed by atoms with Crippen LogP contribution in [0.15, 0.2) is 54.6 Å². The summed E-state index contributed by atoms with van der Waals surface area (Å²) in [5, 5.41) is 9.01. The molecule has 7 heteroatoms. The molecule has 1 amide bonds. The van der Waals surface area contributed by atoms with Gasteiger partial charge in [0.15, 0.2) is 0 Å². The van der Waals surface area contributed by atoms with Crippen molar-refractivity contribution in [1.82, 2.24) is 15.1 Å². The molecule has 0 bridgehead atoms. The Balaban J connectivity index is 1.59. The molecule has 4 aromatic rings. The lowest BCUT2D eigenvalue weighted by molar-refractivity contribution is 0.0955. The second kappa shape index (κ2) is 7.13. The number of nitrogens with zero attached hydrogens (tertiary/aromatic N) is 2. The van der Waals surface area contributed by atoms with E-state index in [2.05, 4.69) is 10.4 Å². The average molecular weight is 400 g/mol. The van der Waals surface area contributed by atoms with Crippen molar-refractivity contribution in [3.05, 3.63) is 81.6 Å². The molecule has 0 saturated carbocycles. The van der Waals surface area contributed by atoms with Crippen molar-refractivity contribution in [3.8, 4) is 5.69 Å². The number of fused-ring (bicyclic) bond motifs is 1. The van der Waals surface area contributed by atoms with Crippen LogP contribution >= 0.6 is 22.9 Å². The van der Waals surface area contributed by atoms with Crippen molar-refractivity contribution in [3.63, 3.8) is 0 Å². The summed E-state index contributed by atoms with van der Waals surface area (Å²) in [5.74, 6) is -0.441. The fourth-order valence-electron chi connectivity index (χ4n) is 2.79. The van der Waals surface area contributed by atoms with Crippen LogP contribution in [0, 0.1) is 12.7 Å². The van der Waals surface area contributed by atoms with Crippen molar-refractivity contribution in [2.75, 3.05) is 0 Å². The van der Waals surface area contributed by atoms with Gasteiger partial charge in [-0.1, -0.05) is 23.7 Å². The lowest BCUT2D eigenvalue weighted by atomic mass is 10.2. The van der Waals surface area contributed by atoms with Gasteiger partial charge in [0.25, 0.3) is 5.91 Å². The lowest BCUT2D eigenvalue weighted by Gasteiger charge is -2.04. The molecule has 0 atom stereocenters. The van der Waals surface area contributed by atoms with Crippen LogP contribution in [0.2, 0.25) is 5.02 Å². The van der Waals surface area contributed by atoms with E-state index in [0.29, 0.717) is 16.4 Å². The number of amides is 1. The van der Waals surface area contributed by atoms with Gasteiger partial charge in [-0.2, -0.15) is 5.10 Å². The van der Waals surface area contributed by atoms with E-state index in [0.717, 1.165) is 27.2 Å². The van der Waals surface area contributed by atoms with E-state index in [1.54, 1.807) is 28.9 Å². The van der Waals surface area contributed by atoms with E-state index in [9.17, 15) is 9.18 Å². The summed E-state index contributed by atoms with van der Waals surface area (Å²) >= 11 is 7.24. The zero-order valence-electron chi connectivity index (χ0n) is 14.4. The van der Waals surface area contributed by atoms with Crippen LogP contribution in [0.25, 0.3) is 15.9 Å². The van der Waals surface area contributed by atoms with Crippen LogP contribution in [0.3, 0.4) is 0 Å². The molecule has 0 aliphatic carbocycles. The number of benzene rings is 2. The molecule has 2 aromatic heterocycles. The molecule has 2 aromatic carbocycles. The Labute approximate surface area is 164 Å². The third-order valence-electron chi connectivity index (χ3n) is 4.21. The van der Waals surface area contributed by atoms with Gasteiger partial charge in [0.05, 0.1) is 16.3 Å². The first-order valence-electron chi connectivity index (χ1n) is 8.29. The average Bonchev–Trinajstić information content (AvgIpc) is 3.23. The largest absolute Gasteiger partial charge is 0.347 e. The molecular weight excluding hydrogens is 385 g/mol. The maximum Gasteiger partial charge on any atom is 0.261 e. The van der Waals surface area contributed by atoms with E-state index in [1.165, 1.54) is 23.5 Å². The minimum atomic E-state index is -0.299. The predicted octanol–water partition coefficient (Wildman–Crippen LogP) is 5.12. The number of carbonyl (C=O) groups excluding carboxylic acids is 1. The summed E-state index contributed by atoms with van der Waals surface area (Å²) in [6, 6.07) is 15.3. The number of aryl methyl sites for hydroxylation is 1. The number of hydrogen-bond acceptors (Lipinski definition) is 3. The summed E-state index contributed by atoms with van der Waals surface area (Å²) < 4.78 is 14.9. The lowest BCUT2D eigenvalue weighted by Crippen LogP contribution is -2.21. The highest BCUT2D eigenvalue weighted by molar-refractivity contribution is 7.20. The van der Waals surface area contributed by atoms with Crippen LogP contribution in [0.1, 0.15) is 20.9 Å². The highest BCUT2D eigenvalue weighted by Crippen LogP contribution is 2.30. The predicted molar refractivity (Wildman–Crippen MR) is 106 cm³/mol. The number of rotatable bonds is 4. The maximum absolute atomic E-state index is 13.2. The minimum Gasteiger partial charge on any atom is -0.347 e. The fraction of sp³-hybridized carbons (Fsp3) is 0.100. The fourth-order valence-corrected chi connectivity index (χ4v) is 4.01. The first-order valence-corrected chi connectivity index (χ1v) is 9.48. The minimum absolute atomic E-state index is 0.142. The molecule has 4 nitrogen and oxygen atoms in total. The van der Waals surface area contributed by atoms with Crippen molar-refractivity contribution >= 4 is 39.1 Å². The number of hydrogen-bond donors (Lipinski definition) is 1. The van der Waals surface area contributed by atoms with Gasteiger partial charge in [-0.05, 0) is 55.0 Å². The monoisotopic (exact) mass is 399 g/mol. The van der Waals surface area contributed by atoms with Crippen LogP contribution < -0.4 is 5.32 Å². The SMILES string of the molecule is Cc1nn(-c2ccc(F)cc2)c2sc(C(=O)NCc3ccc(Cl)cc3)cc12. The van der Waals surface area contributed by atoms with Gasteiger partial charge in [-0.3, -0.25) is 4.79 Å². The first-order chi connectivity index (χ1) is 13.0. The smallest absolute Gasteiger partial charge is 0.261 e. The zero-order chi connectivity index (χ0) is 19.0. The Morgan fingerprint density at radius 2 is 1.89 bits per heavy atom. The molecule has 0 aliphatic rings. The van der Waals surface area contributed by atoms with Crippen molar-refractivity contribution < 1.29 is 9.18 Å². The van der Waals surface area contributed by atoms with E-state index in [-0.39, 0.29) is 11.7 Å². The Hall–Kier alpha value is -2.70. The molecule has 0 radical (unpaired) electrons. The van der Waals surface area contributed by atoms with Gasteiger partial charge in [0.1, 0.15) is 10.6 Å². The molecule has 0 saturated heterocycles. The summed E-state index contributed by atoms with van der Waals surface area (Å²) in [7, 11) is 0. The normalized spacial score (nSPS) is 11.1. The number of thiophene rings is 1. The Morgan fingerprint density at radius 3 is 2.59 bits per heavy atom. The standard InChI is InChI=1S/C20H15ClFN3OS/c1-12-17-10-18(19(26)23-11-13-2-4-14(21)5-3-13)27-20(17)25(24-12)16-8-6-15(22)7-9-16/h2-10H,11H2,1H3,(H,23,26). The highest BCUT2D eigenvalue weighted by Gasteiger charge is 2.17. The molecule has 4 rings (SSSR count). The van der Waals surface area contributed by atoms with Gasteiger partial charge >= 0.3 is 0 Å². The van der Waals surface area contributed by atoms with Gasteiger partial charge in [-0.15, -0.1) is 11.3 Å². The third kappa shape index (κ3) is 3.59. The molecule has 27 heavy (non-hydrogen) atoms. The zero-order valence-corrected chi connectivity index (χ0v) is 15.9. The molecule has 0 fully saturated rings. The summed E-state index contributed by atoms with van der Waals surface area (Å²) in [6.45, 7) is 2.32. The number of nitrogens with one attached hydrogen (secondary N) is 1. The highest BCUT2D eigenvalue weighted by atomic mass is 35.5. The second-order valence-corrected chi connectivity index (χ2v) is 7.58. The summed E-state index contributed by atoms with van der Waals surface area (Å²) in [4.78, 5) is 14.0. The van der Waals surface area contributed by atoms with Crippen LogP contribution in [0.4, 0.5) is 4.39 Å². The molecule has 1 N–H and O–H groups in total. The molecule has 0 aliphatic heterocycles. The van der Waals surface area contributed by atoms with E-state index < -0.39 is 0 Å². The second-order valence-electron chi connectivity index (χ2n) is 6.11. The Kier molecular flexibility index (Phi) is 4.68. The Morgan fingerprint density at radius 1 is 1.19 bits per heavy atom. The van der Waals surface area contributed by atoms with Gasteiger partial charge in [-0.25, -0.2) is 9.07 Å². The van der Waals surface area contributed by atoms with Gasteiger partial charge < -0.3 is 5.32 Å². The van der Waals surface area contributed by atoms with Crippen LogP contribution in [0.5, 0.6) is 0 Å². The Bertz CT molecular complexity index is 1120. The van der Waals surface area contributed by atoms with Crippen LogP contribution in [-0.2, 0) is 6.54 Å². The summed E-state index contributed by atoms with van der Waals surface area (Å²) in [6.07, 6.45) is 0. The number of halogens is 2. The third-order valence-corrected chi connectivity index (χ3v) is 5.57. The van der Waals surface area contributed by atoms with Crippen molar-refractivity contribution in [2.24, 2.45) is 0 Å². The van der Waals surface area contributed by atoms with E-state index in [4.69, 9.17) is 11.6 Å². The number of carbonyl (C=O) groups is 1. The summed E-state index contributed by atoms with van der Waals surface area (Å²) in [5.41, 5.74) is 2.55. The quantitative estimate of drug-likeness (QED) is 0.517. The van der Waals surface area contributed by atoms with Gasteiger partial charge in [0, 0.05) is 17.0 Å². The molecule has 0 spiro atoms. The van der Waals surface area contributed by atoms with Crippen LogP contribution in [-0.4, -0.2) is 15.7 Å². The number of aromatic nitrogens is 2. The van der Waals surface area contributed by atoms with Crippen molar-refractivity contribution in [1.29, 1.82) is 0 Å². The molecular formula is C20H15ClFN3OS. The molecule has 2 heterocycles. The van der Waals surface area contributed by atoms with E-state index >= 15 is 0 Å². The molecule has 0 unspecified atom stereocenters. The first kappa shape index (κ1) is 17.7. The van der Waals surface area contributed by atoms with Gasteiger partial charge in [0.2, 0.25) is 0 Å². The molecule has 136 valence electrons. The van der Waals surface area contributed by atoms with Crippen molar-refractivity contribution in [2.45, 2.75) is 13.5 Å². The topological polar surface area (TPSA) is 46.9 Å². The maximum atomic E-state index is 13.2.